The standard InChI is InChI=1S/C22H26BrNO4/c1-3-10-27-11-12-28-22(26)19-14(2)24-17-8-5-9-18(25)21(17)20(19)15-6-4-7-16(23)13-15/h4,6-7,13,20,24H,3,5,8-12H2,1-2H3/t20-/m1/s1. The van der Waals surface area contributed by atoms with Gasteiger partial charge >= 0.3 is 5.97 Å². The van der Waals surface area contributed by atoms with Gasteiger partial charge in [-0.25, -0.2) is 4.79 Å². The second kappa shape index (κ2) is 9.52. The molecule has 0 amide bonds. The Hall–Kier alpha value is -1.92. The zero-order valence-electron chi connectivity index (χ0n) is 16.3. The van der Waals surface area contributed by atoms with Crippen molar-refractivity contribution in [2.75, 3.05) is 19.8 Å². The van der Waals surface area contributed by atoms with Crippen LogP contribution in [0.3, 0.4) is 0 Å². The summed E-state index contributed by atoms with van der Waals surface area (Å²) in [6.45, 7) is 5.11. The third-order valence-corrected chi connectivity index (χ3v) is 5.48. The van der Waals surface area contributed by atoms with E-state index in [-0.39, 0.29) is 12.4 Å². The topological polar surface area (TPSA) is 64.6 Å². The molecular weight excluding hydrogens is 422 g/mol. The maximum absolute atomic E-state index is 13.0. The van der Waals surface area contributed by atoms with Crippen LogP contribution in [0.25, 0.3) is 0 Å². The van der Waals surface area contributed by atoms with Gasteiger partial charge in [-0.15, -0.1) is 0 Å². The lowest BCUT2D eigenvalue weighted by Crippen LogP contribution is -2.34. The normalized spacial score (nSPS) is 19.4. The van der Waals surface area contributed by atoms with Crippen LogP contribution in [0.4, 0.5) is 0 Å². The Morgan fingerprint density at radius 1 is 1.25 bits per heavy atom. The number of carbonyl (C=O) groups excluding carboxylic acids is 2. The Labute approximate surface area is 174 Å². The van der Waals surface area contributed by atoms with Gasteiger partial charge in [-0.1, -0.05) is 35.0 Å². The first-order chi connectivity index (χ1) is 13.5. The van der Waals surface area contributed by atoms with E-state index in [9.17, 15) is 9.59 Å². The van der Waals surface area contributed by atoms with E-state index in [2.05, 4.69) is 21.2 Å². The fourth-order valence-electron chi connectivity index (χ4n) is 3.79. The fourth-order valence-corrected chi connectivity index (χ4v) is 4.21. The minimum absolute atomic E-state index is 0.0998. The van der Waals surface area contributed by atoms with Crippen molar-refractivity contribution in [1.29, 1.82) is 0 Å². The summed E-state index contributed by atoms with van der Waals surface area (Å²) in [5, 5.41) is 3.30. The molecule has 0 saturated carbocycles. The molecule has 0 radical (unpaired) electrons. The van der Waals surface area contributed by atoms with Crippen LogP contribution in [0, 0.1) is 0 Å². The van der Waals surface area contributed by atoms with Gasteiger partial charge in [0.1, 0.15) is 6.61 Å². The van der Waals surface area contributed by atoms with Crippen molar-refractivity contribution in [3.63, 3.8) is 0 Å². The number of Topliss-reactive ketones (excluding diaryl/α,β-unsaturated/α-hetero) is 1. The molecule has 6 heteroatoms. The summed E-state index contributed by atoms with van der Waals surface area (Å²) < 4.78 is 11.8. The van der Waals surface area contributed by atoms with Crippen molar-refractivity contribution in [3.05, 3.63) is 56.8 Å². The lowest BCUT2D eigenvalue weighted by Gasteiger charge is -2.34. The molecule has 1 aromatic carbocycles. The molecule has 1 heterocycles. The second-order valence-electron chi connectivity index (χ2n) is 7.07. The van der Waals surface area contributed by atoms with E-state index in [0.29, 0.717) is 30.8 Å². The number of rotatable bonds is 7. The minimum Gasteiger partial charge on any atom is -0.460 e. The van der Waals surface area contributed by atoms with Crippen LogP contribution in [0.1, 0.15) is 51.0 Å². The van der Waals surface area contributed by atoms with Crippen molar-refractivity contribution in [2.45, 2.75) is 45.4 Å². The summed E-state index contributed by atoms with van der Waals surface area (Å²) in [7, 11) is 0. The highest BCUT2D eigenvalue weighted by Gasteiger charge is 2.39. The predicted molar refractivity (Wildman–Crippen MR) is 111 cm³/mol. The van der Waals surface area contributed by atoms with E-state index >= 15 is 0 Å². The average Bonchev–Trinajstić information content (AvgIpc) is 2.66. The van der Waals surface area contributed by atoms with Crippen molar-refractivity contribution in [2.24, 2.45) is 0 Å². The van der Waals surface area contributed by atoms with Crippen molar-refractivity contribution in [3.8, 4) is 0 Å². The van der Waals surface area contributed by atoms with E-state index in [4.69, 9.17) is 9.47 Å². The Bertz CT molecular complexity index is 828. The molecule has 0 spiro atoms. The van der Waals surface area contributed by atoms with Gasteiger partial charge < -0.3 is 14.8 Å². The number of hydrogen-bond donors (Lipinski definition) is 1. The second-order valence-corrected chi connectivity index (χ2v) is 7.98. The van der Waals surface area contributed by atoms with Crippen LogP contribution in [0.5, 0.6) is 0 Å². The number of dihydropyridines is 1. The Morgan fingerprint density at radius 2 is 2.07 bits per heavy atom. The fraction of sp³-hybridized carbons (Fsp3) is 0.455. The highest BCUT2D eigenvalue weighted by Crippen LogP contribution is 2.42. The number of esters is 1. The Kier molecular flexibility index (Phi) is 7.08. The maximum atomic E-state index is 13.0. The van der Waals surface area contributed by atoms with E-state index in [1.165, 1.54) is 0 Å². The number of benzene rings is 1. The largest absolute Gasteiger partial charge is 0.460 e. The number of halogens is 1. The van der Waals surface area contributed by atoms with Gasteiger partial charge in [0.15, 0.2) is 5.78 Å². The minimum atomic E-state index is -0.411. The van der Waals surface area contributed by atoms with Gasteiger partial charge in [-0.05, 0) is 43.9 Å². The third kappa shape index (κ3) is 4.55. The van der Waals surface area contributed by atoms with Gasteiger partial charge in [0.2, 0.25) is 0 Å². The highest BCUT2D eigenvalue weighted by molar-refractivity contribution is 9.10. The molecule has 0 fully saturated rings. The number of ether oxygens (including phenoxy) is 2. The summed E-state index contributed by atoms with van der Waals surface area (Å²) in [5.74, 6) is -0.714. The molecule has 0 bridgehead atoms. The van der Waals surface area contributed by atoms with Gasteiger partial charge in [-0.2, -0.15) is 0 Å². The monoisotopic (exact) mass is 447 g/mol. The van der Waals surface area contributed by atoms with E-state index in [1.54, 1.807) is 0 Å². The van der Waals surface area contributed by atoms with Crippen LogP contribution in [-0.4, -0.2) is 31.6 Å². The van der Waals surface area contributed by atoms with Crippen molar-refractivity contribution >= 4 is 27.7 Å². The molecule has 2 aliphatic rings. The number of ketones is 1. The number of nitrogens with one attached hydrogen (secondary N) is 1. The maximum Gasteiger partial charge on any atom is 0.336 e. The molecule has 0 unspecified atom stereocenters. The van der Waals surface area contributed by atoms with Gasteiger partial charge in [-0.3, -0.25) is 4.79 Å². The first kappa shape index (κ1) is 20.8. The zero-order chi connectivity index (χ0) is 20.1. The van der Waals surface area contributed by atoms with Crippen LogP contribution in [0.2, 0.25) is 0 Å². The quantitative estimate of drug-likeness (QED) is 0.495. The molecule has 1 aliphatic carbocycles. The Balaban J connectivity index is 1.92. The molecule has 150 valence electrons. The van der Waals surface area contributed by atoms with Crippen molar-refractivity contribution < 1.29 is 19.1 Å². The number of hydrogen-bond acceptors (Lipinski definition) is 5. The molecule has 0 saturated heterocycles. The molecular formula is C22H26BrNO4. The molecule has 5 nitrogen and oxygen atoms in total. The Morgan fingerprint density at radius 3 is 2.82 bits per heavy atom. The van der Waals surface area contributed by atoms with Crippen molar-refractivity contribution in [1.82, 2.24) is 5.32 Å². The van der Waals surface area contributed by atoms with E-state index < -0.39 is 11.9 Å². The molecule has 1 aliphatic heterocycles. The van der Waals surface area contributed by atoms with Crippen LogP contribution in [-0.2, 0) is 19.1 Å². The number of allylic oxidation sites excluding steroid dienone is 3. The lowest BCUT2D eigenvalue weighted by molar-refractivity contribution is -0.141. The average molecular weight is 448 g/mol. The van der Waals surface area contributed by atoms with Crippen LogP contribution >= 0.6 is 15.9 Å². The number of carbonyl (C=O) groups is 2. The molecule has 28 heavy (non-hydrogen) atoms. The lowest BCUT2D eigenvalue weighted by atomic mass is 9.75. The highest BCUT2D eigenvalue weighted by atomic mass is 79.9. The smallest absolute Gasteiger partial charge is 0.336 e. The first-order valence-corrected chi connectivity index (χ1v) is 10.6. The first-order valence-electron chi connectivity index (χ1n) is 9.77. The summed E-state index contributed by atoms with van der Waals surface area (Å²) in [6.07, 6.45) is 3.08. The van der Waals surface area contributed by atoms with Gasteiger partial charge in [0.05, 0.1) is 12.2 Å². The summed E-state index contributed by atoms with van der Waals surface area (Å²) >= 11 is 3.50. The molecule has 3 rings (SSSR count). The predicted octanol–water partition coefficient (Wildman–Crippen LogP) is 4.39. The molecule has 1 aromatic rings. The molecule has 1 atom stereocenters. The summed E-state index contributed by atoms with van der Waals surface area (Å²) in [6, 6.07) is 7.78. The van der Waals surface area contributed by atoms with Gasteiger partial charge in [0, 0.05) is 40.4 Å². The summed E-state index contributed by atoms with van der Waals surface area (Å²) in [4.78, 5) is 25.8. The zero-order valence-corrected chi connectivity index (χ0v) is 17.9. The SMILES string of the molecule is CCCOCCOC(=O)C1=C(C)NC2=C(C(=O)CCC2)[C@@H]1c1cccc(Br)c1. The van der Waals surface area contributed by atoms with Crippen LogP contribution in [0.15, 0.2) is 51.3 Å². The van der Waals surface area contributed by atoms with Gasteiger partial charge in [0.25, 0.3) is 0 Å². The van der Waals surface area contributed by atoms with E-state index in [1.807, 2.05) is 38.1 Å². The third-order valence-electron chi connectivity index (χ3n) is 4.99. The van der Waals surface area contributed by atoms with Crippen LogP contribution < -0.4 is 5.32 Å². The van der Waals surface area contributed by atoms with E-state index in [0.717, 1.165) is 40.7 Å². The molecule has 0 aromatic heterocycles. The summed E-state index contributed by atoms with van der Waals surface area (Å²) in [5.41, 5.74) is 3.79. The molecule has 1 N–H and O–H groups in total.